The number of carboxylic acids is 1. The molecule has 1 N–H and O–H groups in total. The first-order valence-corrected chi connectivity index (χ1v) is 5.16. The number of ether oxygens (including phenoxy) is 2. The van der Waals surface area contributed by atoms with Crippen molar-refractivity contribution in [2.75, 3.05) is 26.4 Å². The normalized spacial score (nSPS) is 21.3. The van der Waals surface area contributed by atoms with E-state index < -0.39 is 5.97 Å². The van der Waals surface area contributed by atoms with Crippen LogP contribution in [-0.4, -0.2) is 37.5 Å². The van der Waals surface area contributed by atoms with E-state index in [-0.39, 0.29) is 6.42 Å². The van der Waals surface area contributed by atoms with Crippen LogP contribution in [0.4, 0.5) is 0 Å². The maximum absolute atomic E-state index is 10.2. The van der Waals surface area contributed by atoms with Gasteiger partial charge in [0.25, 0.3) is 0 Å². The highest BCUT2D eigenvalue weighted by atomic mass is 16.5. The first-order chi connectivity index (χ1) is 6.79. The fourth-order valence-corrected chi connectivity index (χ4v) is 1.45. The molecule has 0 bridgehead atoms. The second-order valence-electron chi connectivity index (χ2n) is 3.66. The molecule has 1 aliphatic rings. The Hall–Kier alpha value is -0.610. The Morgan fingerprint density at radius 2 is 2.36 bits per heavy atom. The standard InChI is InChI=1S/C10H18O4/c11-10(12)3-1-2-5-13-7-9-4-6-14-8-9/h9H,1-8H2,(H,11,12). The molecule has 0 aromatic rings. The van der Waals surface area contributed by atoms with Crippen LogP contribution in [0.2, 0.25) is 0 Å². The highest BCUT2D eigenvalue weighted by Gasteiger charge is 2.15. The summed E-state index contributed by atoms with van der Waals surface area (Å²) < 4.78 is 10.6. The van der Waals surface area contributed by atoms with Crippen molar-refractivity contribution in [2.24, 2.45) is 5.92 Å². The highest BCUT2D eigenvalue weighted by molar-refractivity contribution is 5.66. The summed E-state index contributed by atoms with van der Waals surface area (Å²) in [5, 5.41) is 8.39. The maximum atomic E-state index is 10.2. The molecule has 0 aromatic heterocycles. The molecule has 1 atom stereocenters. The van der Waals surface area contributed by atoms with E-state index in [1.54, 1.807) is 0 Å². The average Bonchev–Trinajstić information content (AvgIpc) is 2.63. The van der Waals surface area contributed by atoms with Crippen LogP contribution in [0.25, 0.3) is 0 Å². The third-order valence-electron chi connectivity index (χ3n) is 2.31. The molecule has 1 heterocycles. The lowest BCUT2D eigenvalue weighted by Crippen LogP contribution is -2.10. The highest BCUT2D eigenvalue weighted by Crippen LogP contribution is 2.12. The molecule has 0 spiro atoms. The Labute approximate surface area is 84.2 Å². The molecule has 0 aromatic carbocycles. The van der Waals surface area contributed by atoms with Crippen molar-refractivity contribution in [3.8, 4) is 0 Å². The molecule has 0 amide bonds. The van der Waals surface area contributed by atoms with Crippen LogP contribution in [0, 0.1) is 5.92 Å². The Bertz CT molecular complexity index is 164. The van der Waals surface area contributed by atoms with Gasteiger partial charge in [-0.05, 0) is 19.3 Å². The Morgan fingerprint density at radius 1 is 1.50 bits per heavy atom. The Balaban J connectivity index is 1.82. The van der Waals surface area contributed by atoms with E-state index in [0.29, 0.717) is 18.9 Å². The van der Waals surface area contributed by atoms with Gasteiger partial charge in [-0.2, -0.15) is 0 Å². The van der Waals surface area contributed by atoms with Crippen LogP contribution in [0.3, 0.4) is 0 Å². The van der Waals surface area contributed by atoms with Gasteiger partial charge in [-0.15, -0.1) is 0 Å². The van der Waals surface area contributed by atoms with Gasteiger partial charge in [0, 0.05) is 25.6 Å². The summed E-state index contributed by atoms with van der Waals surface area (Å²) in [6.07, 6.45) is 2.88. The first kappa shape index (κ1) is 11.5. The molecule has 0 aliphatic carbocycles. The van der Waals surface area contributed by atoms with Crippen LogP contribution < -0.4 is 0 Å². The summed E-state index contributed by atoms with van der Waals surface area (Å²) in [5.74, 6) is -0.177. The number of carboxylic acid groups (broad SMARTS) is 1. The zero-order valence-electron chi connectivity index (χ0n) is 8.41. The lowest BCUT2D eigenvalue weighted by atomic mass is 10.1. The second kappa shape index (κ2) is 6.79. The minimum atomic E-state index is -0.728. The third-order valence-corrected chi connectivity index (χ3v) is 2.31. The van der Waals surface area contributed by atoms with Crippen molar-refractivity contribution < 1.29 is 19.4 Å². The molecule has 1 rings (SSSR count). The molecule has 1 aliphatic heterocycles. The van der Waals surface area contributed by atoms with Gasteiger partial charge in [-0.3, -0.25) is 4.79 Å². The van der Waals surface area contributed by atoms with E-state index in [2.05, 4.69) is 0 Å². The molecule has 82 valence electrons. The number of hydrogen-bond acceptors (Lipinski definition) is 3. The number of aliphatic carboxylic acids is 1. The predicted octanol–water partition coefficient (Wildman–Crippen LogP) is 1.29. The molecule has 1 saturated heterocycles. The van der Waals surface area contributed by atoms with Gasteiger partial charge in [0.1, 0.15) is 0 Å². The van der Waals surface area contributed by atoms with E-state index in [0.717, 1.165) is 32.7 Å². The average molecular weight is 202 g/mol. The lowest BCUT2D eigenvalue weighted by molar-refractivity contribution is -0.137. The summed E-state index contributed by atoms with van der Waals surface area (Å²) in [7, 11) is 0. The molecule has 0 saturated carbocycles. The molecule has 1 fully saturated rings. The van der Waals surface area contributed by atoms with Gasteiger partial charge in [0.05, 0.1) is 13.2 Å². The van der Waals surface area contributed by atoms with Gasteiger partial charge >= 0.3 is 5.97 Å². The van der Waals surface area contributed by atoms with Gasteiger partial charge in [-0.25, -0.2) is 0 Å². The van der Waals surface area contributed by atoms with Crippen molar-refractivity contribution >= 4 is 5.97 Å². The van der Waals surface area contributed by atoms with Crippen molar-refractivity contribution in [3.63, 3.8) is 0 Å². The number of unbranched alkanes of at least 4 members (excludes halogenated alkanes) is 1. The fraction of sp³-hybridized carbons (Fsp3) is 0.900. The van der Waals surface area contributed by atoms with E-state index in [9.17, 15) is 4.79 Å². The van der Waals surface area contributed by atoms with Gasteiger partial charge < -0.3 is 14.6 Å². The van der Waals surface area contributed by atoms with Crippen molar-refractivity contribution in [1.29, 1.82) is 0 Å². The van der Waals surface area contributed by atoms with Crippen LogP contribution in [0.1, 0.15) is 25.7 Å². The molecule has 14 heavy (non-hydrogen) atoms. The number of hydrogen-bond donors (Lipinski definition) is 1. The smallest absolute Gasteiger partial charge is 0.303 e. The summed E-state index contributed by atoms with van der Waals surface area (Å²) >= 11 is 0. The molecular formula is C10H18O4. The van der Waals surface area contributed by atoms with Crippen LogP contribution in [0.5, 0.6) is 0 Å². The predicted molar refractivity (Wildman–Crippen MR) is 51.2 cm³/mol. The summed E-state index contributed by atoms with van der Waals surface area (Å²) in [5.41, 5.74) is 0. The maximum Gasteiger partial charge on any atom is 0.303 e. The van der Waals surface area contributed by atoms with E-state index in [4.69, 9.17) is 14.6 Å². The fourth-order valence-electron chi connectivity index (χ4n) is 1.45. The molecule has 4 heteroatoms. The Morgan fingerprint density at radius 3 is 3.00 bits per heavy atom. The molecule has 1 unspecified atom stereocenters. The second-order valence-corrected chi connectivity index (χ2v) is 3.66. The topological polar surface area (TPSA) is 55.8 Å². The summed E-state index contributed by atoms with van der Waals surface area (Å²) in [6, 6.07) is 0. The molecule has 0 radical (unpaired) electrons. The molecular weight excluding hydrogens is 184 g/mol. The van der Waals surface area contributed by atoms with Crippen molar-refractivity contribution in [2.45, 2.75) is 25.7 Å². The van der Waals surface area contributed by atoms with Crippen molar-refractivity contribution in [1.82, 2.24) is 0 Å². The van der Waals surface area contributed by atoms with Gasteiger partial charge in [-0.1, -0.05) is 0 Å². The summed E-state index contributed by atoms with van der Waals surface area (Å²) in [6.45, 7) is 3.10. The zero-order valence-corrected chi connectivity index (χ0v) is 8.41. The number of carbonyl (C=O) groups is 1. The van der Waals surface area contributed by atoms with E-state index >= 15 is 0 Å². The first-order valence-electron chi connectivity index (χ1n) is 5.16. The minimum absolute atomic E-state index is 0.246. The van der Waals surface area contributed by atoms with Crippen LogP contribution in [-0.2, 0) is 14.3 Å². The lowest BCUT2D eigenvalue weighted by Gasteiger charge is -2.07. The van der Waals surface area contributed by atoms with E-state index in [1.165, 1.54) is 0 Å². The van der Waals surface area contributed by atoms with E-state index in [1.807, 2.05) is 0 Å². The Kier molecular flexibility index (Phi) is 5.56. The van der Waals surface area contributed by atoms with Gasteiger partial charge in [0.15, 0.2) is 0 Å². The van der Waals surface area contributed by atoms with Crippen molar-refractivity contribution in [3.05, 3.63) is 0 Å². The monoisotopic (exact) mass is 202 g/mol. The minimum Gasteiger partial charge on any atom is -0.481 e. The van der Waals surface area contributed by atoms with Gasteiger partial charge in [0.2, 0.25) is 0 Å². The SMILES string of the molecule is O=C(O)CCCCOCC1CCOC1. The molecule has 4 nitrogen and oxygen atoms in total. The quantitative estimate of drug-likeness (QED) is 0.632. The number of rotatable bonds is 7. The van der Waals surface area contributed by atoms with Crippen LogP contribution in [0.15, 0.2) is 0 Å². The third kappa shape index (κ3) is 5.19. The zero-order chi connectivity index (χ0) is 10.2. The summed E-state index contributed by atoms with van der Waals surface area (Å²) in [4.78, 5) is 10.2. The van der Waals surface area contributed by atoms with Crippen LogP contribution >= 0.6 is 0 Å². The largest absolute Gasteiger partial charge is 0.481 e.